The Morgan fingerprint density at radius 2 is 1.87 bits per heavy atom. The number of halogens is 1. The van der Waals surface area contributed by atoms with Crippen LogP contribution in [0.3, 0.4) is 0 Å². The van der Waals surface area contributed by atoms with E-state index in [0.29, 0.717) is 11.1 Å². The molecule has 2 aromatic carbocycles. The summed E-state index contributed by atoms with van der Waals surface area (Å²) >= 11 is 6.01. The third-order valence-corrected chi connectivity index (χ3v) is 6.21. The molecule has 3 rings (SSSR count). The Kier molecular flexibility index (Phi) is 6.32. The van der Waals surface area contributed by atoms with Gasteiger partial charge in [-0.3, -0.25) is 14.9 Å². The molecule has 0 aliphatic rings. The number of carbonyl (C=O) groups excluding carboxylic acids is 1. The molecular formula is C20H17ClN4O5S. The zero-order chi connectivity index (χ0) is 22.8. The van der Waals surface area contributed by atoms with Crippen molar-refractivity contribution in [3.63, 3.8) is 0 Å². The number of aromatic nitrogens is 2. The highest BCUT2D eigenvalue weighted by atomic mass is 35.5. The van der Waals surface area contributed by atoms with Crippen LogP contribution in [0, 0.1) is 24.0 Å². The van der Waals surface area contributed by atoms with E-state index in [-0.39, 0.29) is 27.8 Å². The molecule has 0 unspecified atom stereocenters. The summed E-state index contributed by atoms with van der Waals surface area (Å²) in [6, 6.07) is 11.1. The number of nitrogens with one attached hydrogen (secondary N) is 1. The van der Waals surface area contributed by atoms with Gasteiger partial charge in [0.15, 0.2) is 5.69 Å². The van der Waals surface area contributed by atoms with Gasteiger partial charge in [-0.25, -0.2) is 18.4 Å². The molecule has 31 heavy (non-hydrogen) atoms. The lowest BCUT2D eigenvalue weighted by Gasteiger charge is -2.09. The highest BCUT2D eigenvalue weighted by Crippen LogP contribution is 2.24. The Morgan fingerprint density at radius 1 is 1.16 bits per heavy atom. The van der Waals surface area contributed by atoms with Crippen LogP contribution in [-0.2, 0) is 15.6 Å². The monoisotopic (exact) mass is 460 g/mol. The van der Waals surface area contributed by atoms with E-state index in [1.165, 1.54) is 18.2 Å². The molecule has 0 saturated heterocycles. The molecule has 1 amide bonds. The van der Waals surface area contributed by atoms with E-state index < -0.39 is 25.8 Å². The Labute approximate surface area is 183 Å². The number of sulfone groups is 1. The van der Waals surface area contributed by atoms with Crippen molar-refractivity contribution < 1.29 is 18.1 Å². The van der Waals surface area contributed by atoms with Crippen molar-refractivity contribution >= 4 is 38.7 Å². The first-order valence-corrected chi connectivity index (χ1v) is 11.0. The number of anilines is 1. The smallest absolute Gasteiger partial charge is 0.275 e. The standard InChI is InChI=1S/C20H17ClN4O5S/c1-12-5-3-4-6-14(12)11-31(29,30)20-22-10-16(21)18(24-20)19(26)23-15-8-7-13(2)17(9-15)25(27)28/h3-10H,11H2,1-2H3,(H,23,26). The van der Waals surface area contributed by atoms with Crippen LogP contribution in [0.15, 0.2) is 53.8 Å². The lowest BCUT2D eigenvalue weighted by atomic mass is 10.1. The van der Waals surface area contributed by atoms with Gasteiger partial charge in [0.2, 0.25) is 15.0 Å². The molecule has 0 saturated carbocycles. The number of hydrogen-bond acceptors (Lipinski definition) is 7. The van der Waals surface area contributed by atoms with Gasteiger partial charge in [0, 0.05) is 17.3 Å². The fourth-order valence-electron chi connectivity index (χ4n) is 2.78. The predicted molar refractivity (Wildman–Crippen MR) is 115 cm³/mol. The molecular weight excluding hydrogens is 444 g/mol. The van der Waals surface area contributed by atoms with Crippen LogP contribution in [0.2, 0.25) is 5.02 Å². The van der Waals surface area contributed by atoms with Crippen LogP contribution >= 0.6 is 11.6 Å². The Balaban J connectivity index is 1.90. The summed E-state index contributed by atoms with van der Waals surface area (Å²) in [5, 5.41) is 12.8. The molecule has 0 aliphatic carbocycles. The minimum Gasteiger partial charge on any atom is -0.320 e. The maximum Gasteiger partial charge on any atom is 0.275 e. The molecule has 0 atom stereocenters. The summed E-state index contributed by atoms with van der Waals surface area (Å²) in [6.07, 6.45) is 1.03. The van der Waals surface area contributed by atoms with Crippen molar-refractivity contribution in [1.29, 1.82) is 0 Å². The molecule has 3 aromatic rings. The first-order valence-electron chi connectivity index (χ1n) is 8.94. The van der Waals surface area contributed by atoms with E-state index in [2.05, 4.69) is 15.3 Å². The summed E-state index contributed by atoms with van der Waals surface area (Å²) in [5.41, 5.74) is 1.41. The molecule has 11 heteroatoms. The summed E-state index contributed by atoms with van der Waals surface area (Å²) in [7, 11) is -3.96. The number of nitro benzene ring substituents is 1. The van der Waals surface area contributed by atoms with Gasteiger partial charge in [0.25, 0.3) is 11.6 Å². The molecule has 0 bridgehead atoms. The molecule has 1 N–H and O–H groups in total. The molecule has 1 aromatic heterocycles. The molecule has 0 spiro atoms. The number of hydrogen-bond donors (Lipinski definition) is 1. The second-order valence-electron chi connectivity index (χ2n) is 6.75. The average Bonchev–Trinajstić information content (AvgIpc) is 2.71. The number of rotatable bonds is 6. The number of benzene rings is 2. The molecule has 9 nitrogen and oxygen atoms in total. The molecule has 0 fully saturated rings. The van der Waals surface area contributed by atoms with E-state index in [1.807, 2.05) is 0 Å². The lowest BCUT2D eigenvalue weighted by molar-refractivity contribution is -0.385. The van der Waals surface area contributed by atoms with Gasteiger partial charge in [-0.15, -0.1) is 0 Å². The third kappa shape index (κ3) is 5.04. The predicted octanol–water partition coefficient (Wildman–Crippen LogP) is 3.88. The second-order valence-corrected chi connectivity index (χ2v) is 9.04. The highest BCUT2D eigenvalue weighted by molar-refractivity contribution is 7.90. The fraction of sp³-hybridized carbons (Fsp3) is 0.150. The highest BCUT2D eigenvalue weighted by Gasteiger charge is 2.24. The van der Waals surface area contributed by atoms with Crippen LogP contribution in [0.1, 0.15) is 27.2 Å². The second kappa shape index (κ2) is 8.78. The van der Waals surface area contributed by atoms with E-state index in [9.17, 15) is 23.3 Å². The lowest BCUT2D eigenvalue weighted by Crippen LogP contribution is -2.18. The van der Waals surface area contributed by atoms with Crippen LogP contribution < -0.4 is 5.32 Å². The van der Waals surface area contributed by atoms with Crippen molar-refractivity contribution in [2.75, 3.05) is 5.32 Å². The van der Waals surface area contributed by atoms with Crippen LogP contribution in [0.5, 0.6) is 0 Å². The SMILES string of the molecule is Cc1ccccc1CS(=O)(=O)c1ncc(Cl)c(C(=O)Nc2ccc(C)c([N+](=O)[O-])c2)n1. The van der Waals surface area contributed by atoms with Crippen molar-refractivity contribution in [2.45, 2.75) is 24.8 Å². The largest absolute Gasteiger partial charge is 0.320 e. The van der Waals surface area contributed by atoms with E-state index in [0.717, 1.165) is 11.8 Å². The van der Waals surface area contributed by atoms with Crippen LogP contribution in [0.25, 0.3) is 0 Å². The van der Waals surface area contributed by atoms with Gasteiger partial charge < -0.3 is 5.32 Å². The Bertz CT molecular complexity index is 1290. The topological polar surface area (TPSA) is 132 Å². The maximum atomic E-state index is 12.8. The quantitative estimate of drug-likeness (QED) is 0.335. The number of carbonyl (C=O) groups is 1. The van der Waals surface area contributed by atoms with Gasteiger partial charge in [0.1, 0.15) is 0 Å². The summed E-state index contributed by atoms with van der Waals surface area (Å²) in [5.74, 6) is -1.16. The summed E-state index contributed by atoms with van der Waals surface area (Å²) in [6.45, 7) is 3.35. The molecule has 1 heterocycles. The zero-order valence-electron chi connectivity index (χ0n) is 16.5. The number of nitro groups is 1. The minimum absolute atomic E-state index is 0.140. The fourth-order valence-corrected chi connectivity index (χ4v) is 4.26. The van der Waals surface area contributed by atoms with Crippen molar-refractivity contribution in [2.24, 2.45) is 0 Å². The van der Waals surface area contributed by atoms with E-state index >= 15 is 0 Å². The first-order chi connectivity index (χ1) is 14.6. The van der Waals surface area contributed by atoms with Gasteiger partial charge in [-0.1, -0.05) is 41.9 Å². The van der Waals surface area contributed by atoms with Crippen molar-refractivity contribution in [3.8, 4) is 0 Å². The average molecular weight is 461 g/mol. The zero-order valence-corrected chi connectivity index (χ0v) is 18.1. The Morgan fingerprint density at radius 3 is 2.55 bits per heavy atom. The Hall–Kier alpha value is -3.37. The molecule has 0 radical (unpaired) electrons. The summed E-state index contributed by atoms with van der Waals surface area (Å²) < 4.78 is 25.6. The number of aryl methyl sites for hydroxylation is 2. The van der Waals surface area contributed by atoms with E-state index in [1.54, 1.807) is 38.1 Å². The maximum absolute atomic E-state index is 12.8. The minimum atomic E-state index is -3.96. The number of nitrogens with zero attached hydrogens (tertiary/aromatic N) is 3. The van der Waals surface area contributed by atoms with Gasteiger partial charge >= 0.3 is 0 Å². The van der Waals surface area contributed by atoms with Crippen LogP contribution in [-0.4, -0.2) is 29.2 Å². The van der Waals surface area contributed by atoms with Gasteiger partial charge in [-0.2, -0.15) is 0 Å². The normalized spacial score (nSPS) is 11.2. The summed E-state index contributed by atoms with van der Waals surface area (Å²) in [4.78, 5) is 30.8. The third-order valence-electron chi connectivity index (χ3n) is 4.49. The van der Waals surface area contributed by atoms with Gasteiger partial charge in [-0.05, 0) is 31.0 Å². The molecule has 0 aliphatic heterocycles. The van der Waals surface area contributed by atoms with Crippen molar-refractivity contribution in [1.82, 2.24) is 9.97 Å². The molecule has 160 valence electrons. The number of amides is 1. The van der Waals surface area contributed by atoms with Crippen molar-refractivity contribution in [3.05, 3.63) is 86.2 Å². The van der Waals surface area contributed by atoms with E-state index in [4.69, 9.17) is 11.6 Å². The van der Waals surface area contributed by atoms with Crippen LogP contribution in [0.4, 0.5) is 11.4 Å². The first kappa shape index (κ1) is 22.3. The van der Waals surface area contributed by atoms with Gasteiger partial charge in [0.05, 0.1) is 21.9 Å².